The predicted molar refractivity (Wildman–Crippen MR) is 126 cm³/mol. The van der Waals surface area contributed by atoms with E-state index in [2.05, 4.69) is 11.8 Å². The molecule has 3 aromatic rings. The van der Waals surface area contributed by atoms with Crippen LogP contribution in [0.5, 0.6) is 5.75 Å². The van der Waals surface area contributed by atoms with Gasteiger partial charge in [-0.15, -0.1) is 0 Å². The molecule has 1 N–H and O–H groups in total. The number of methoxy groups -OCH3 is 1. The number of aryl methyl sites for hydroxylation is 1. The van der Waals surface area contributed by atoms with Gasteiger partial charge in [-0.05, 0) is 62.9 Å². The Labute approximate surface area is 194 Å². The van der Waals surface area contributed by atoms with E-state index in [4.69, 9.17) is 19.5 Å². The lowest BCUT2D eigenvalue weighted by Crippen LogP contribution is -2.46. The molecule has 0 amide bonds. The summed E-state index contributed by atoms with van der Waals surface area (Å²) in [5.74, 6) is 1.08. The van der Waals surface area contributed by atoms with Gasteiger partial charge >= 0.3 is 0 Å². The number of aromatic nitrogens is 2. The summed E-state index contributed by atoms with van der Waals surface area (Å²) in [6.07, 6.45) is 4.06. The maximum absolute atomic E-state index is 13.6. The lowest BCUT2D eigenvalue weighted by Gasteiger charge is -2.39. The highest BCUT2D eigenvalue weighted by Crippen LogP contribution is 2.35. The summed E-state index contributed by atoms with van der Waals surface area (Å²) < 4.78 is 27.6. The van der Waals surface area contributed by atoms with Crippen molar-refractivity contribution in [3.05, 3.63) is 59.3 Å². The molecule has 168 valence electrons. The second-order valence-electron chi connectivity index (χ2n) is 8.54. The zero-order valence-electron chi connectivity index (χ0n) is 18.7. The van der Waals surface area contributed by atoms with Crippen molar-refractivity contribution in [1.29, 1.82) is 10.0 Å². The average molecular weight is 460 g/mol. The summed E-state index contributed by atoms with van der Waals surface area (Å²) in [4.78, 5) is 12.7. The molecule has 2 atom stereocenters. The van der Waals surface area contributed by atoms with Gasteiger partial charge < -0.3 is 9.64 Å². The topological polar surface area (TPSA) is 103 Å². The van der Waals surface area contributed by atoms with Crippen molar-refractivity contribution in [3.8, 4) is 23.1 Å². The fourth-order valence-corrected chi connectivity index (χ4v) is 5.87. The van der Waals surface area contributed by atoms with Gasteiger partial charge in [-0.1, -0.05) is 12.1 Å². The number of hydrogen-bond donors (Lipinski definition) is 1. The number of anilines is 1. The van der Waals surface area contributed by atoms with E-state index < -0.39 is 9.73 Å². The molecule has 0 radical (unpaired) electrons. The Hall–Kier alpha value is -3.44. The molecule has 0 spiro atoms. The van der Waals surface area contributed by atoms with Crippen LogP contribution in [-0.4, -0.2) is 33.9 Å². The van der Waals surface area contributed by atoms with Gasteiger partial charge in [0.1, 0.15) is 21.5 Å². The first-order valence-electron chi connectivity index (χ1n) is 11.1. The largest absolute Gasteiger partial charge is 0.495 e. The van der Waals surface area contributed by atoms with Crippen molar-refractivity contribution in [2.75, 3.05) is 18.6 Å². The van der Waals surface area contributed by atoms with E-state index in [1.807, 2.05) is 24.3 Å². The SMILES string of the molecule is COc1cc(S(=N)(=O)c2cccc(-c3nc(N4CC[C@@H]4C)nc4c3CCC4)c2)ccc1C#N. The number of benzene rings is 2. The Morgan fingerprint density at radius 3 is 2.70 bits per heavy atom. The number of nitrogens with one attached hydrogen (secondary N) is 1. The summed E-state index contributed by atoms with van der Waals surface area (Å²) in [5.41, 5.74) is 4.32. The quantitative estimate of drug-likeness (QED) is 0.599. The zero-order valence-corrected chi connectivity index (χ0v) is 19.5. The molecule has 0 saturated carbocycles. The minimum absolute atomic E-state index is 0.304. The van der Waals surface area contributed by atoms with Gasteiger partial charge in [-0.25, -0.2) is 19.0 Å². The van der Waals surface area contributed by atoms with Crippen LogP contribution in [0.3, 0.4) is 0 Å². The number of nitriles is 1. The van der Waals surface area contributed by atoms with Gasteiger partial charge in [0, 0.05) is 29.4 Å². The Morgan fingerprint density at radius 1 is 1.18 bits per heavy atom. The van der Waals surface area contributed by atoms with E-state index in [0.29, 0.717) is 27.1 Å². The molecule has 8 heteroatoms. The first-order valence-corrected chi connectivity index (χ1v) is 12.6. The molecule has 1 saturated heterocycles. The zero-order chi connectivity index (χ0) is 23.2. The number of hydrogen-bond acceptors (Lipinski definition) is 7. The Balaban J connectivity index is 1.59. The first-order chi connectivity index (χ1) is 15.9. The molecular weight excluding hydrogens is 434 g/mol. The monoisotopic (exact) mass is 459 g/mol. The van der Waals surface area contributed by atoms with Crippen LogP contribution < -0.4 is 9.64 Å². The van der Waals surface area contributed by atoms with E-state index in [1.54, 1.807) is 18.2 Å². The molecule has 1 unspecified atom stereocenters. The summed E-state index contributed by atoms with van der Waals surface area (Å²) in [6, 6.07) is 14.4. The van der Waals surface area contributed by atoms with Crippen LogP contribution in [0.1, 0.15) is 36.6 Å². The lowest BCUT2D eigenvalue weighted by molar-refractivity contribution is 0.412. The third-order valence-corrected chi connectivity index (χ3v) is 8.40. The molecule has 1 fully saturated rings. The maximum atomic E-state index is 13.6. The van der Waals surface area contributed by atoms with Crippen LogP contribution in [-0.2, 0) is 22.6 Å². The van der Waals surface area contributed by atoms with Gasteiger partial charge in [-0.3, -0.25) is 0 Å². The van der Waals surface area contributed by atoms with E-state index in [0.717, 1.165) is 60.7 Å². The molecule has 1 aliphatic heterocycles. The number of rotatable bonds is 5. The smallest absolute Gasteiger partial charge is 0.226 e. The second kappa shape index (κ2) is 8.16. The van der Waals surface area contributed by atoms with Crippen LogP contribution in [0.15, 0.2) is 52.3 Å². The Morgan fingerprint density at radius 2 is 2.00 bits per heavy atom. The maximum Gasteiger partial charge on any atom is 0.226 e. The van der Waals surface area contributed by atoms with Gasteiger partial charge in [0.25, 0.3) is 0 Å². The number of ether oxygens (including phenoxy) is 1. The highest BCUT2D eigenvalue weighted by atomic mass is 32.2. The molecular formula is C25H25N5O2S. The normalized spacial score (nSPS) is 18.7. The molecule has 0 bridgehead atoms. The molecule has 2 heterocycles. The highest BCUT2D eigenvalue weighted by molar-refractivity contribution is 7.92. The Kier molecular flexibility index (Phi) is 5.29. The first kappa shape index (κ1) is 21.4. The third-order valence-electron chi connectivity index (χ3n) is 6.56. The minimum atomic E-state index is -3.31. The molecule has 5 rings (SSSR count). The molecule has 2 aliphatic rings. The van der Waals surface area contributed by atoms with Gasteiger partial charge in [0.2, 0.25) is 5.95 Å². The fraction of sp³-hybridized carbons (Fsp3) is 0.320. The van der Waals surface area contributed by atoms with Gasteiger partial charge in [-0.2, -0.15) is 5.26 Å². The summed E-state index contributed by atoms with van der Waals surface area (Å²) >= 11 is 0. The van der Waals surface area contributed by atoms with Crippen molar-refractivity contribution in [1.82, 2.24) is 9.97 Å². The Bertz CT molecular complexity index is 1390. The predicted octanol–water partition coefficient (Wildman–Crippen LogP) is 4.58. The third kappa shape index (κ3) is 3.62. The van der Waals surface area contributed by atoms with E-state index in [-0.39, 0.29) is 0 Å². The molecule has 1 aliphatic carbocycles. The van der Waals surface area contributed by atoms with Crippen molar-refractivity contribution in [3.63, 3.8) is 0 Å². The van der Waals surface area contributed by atoms with E-state index in [9.17, 15) is 9.47 Å². The summed E-state index contributed by atoms with van der Waals surface area (Å²) in [7, 11) is -1.86. The van der Waals surface area contributed by atoms with Gasteiger partial charge in [0.05, 0.1) is 28.2 Å². The number of nitrogens with zero attached hydrogens (tertiary/aromatic N) is 4. The molecule has 1 aromatic heterocycles. The second-order valence-corrected chi connectivity index (χ2v) is 10.6. The molecule has 33 heavy (non-hydrogen) atoms. The summed E-state index contributed by atoms with van der Waals surface area (Å²) in [6.45, 7) is 3.14. The van der Waals surface area contributed by atoms with Crippen LogP contribution in [0.2, 0.25) is 0 Å². The van der Waals surface area contributed by atoms with Crippen LogP contribution in [0.4, 0.5) is 5.95 Å². The van der Waals surface area contributed by atoms with Crippen molar-refractivity contribution >= 4 is 15.7 Å². The highest BCUT2D eigenvalue weighted by Gasteiger charge is 2.29. The van der Waals surface area contributed by atoms with E-state index in [1.165, 1.54) is 13.2 Å². The summed E-state index contributed by atoms with van der Waals surface area (Å²) in [5, 5.41) is 9.24. The van der Waals surface area contributed by atoms with Crippen molar-refractivity contribution in [2.24, 2.45) is 0 Å². The fourth-order valence-electron chi connectivity index (χ4n) is 4.50. The van der Waals surface area contributed by atoms with Crippen LogP contribution in [0.25, 0.3) is 11.3 Å². The van der Waals surface area contributed by atoms with Crippen molar-refractivity contribution < 1.29 is 8.95 Å². The van der Waals surface area contributed by atoms with Crippen LogP contribution >= 0.6 is 0 Å². The standard InChI is InChI=1S/C25H25N5O2S/c1-16-11-12-30(16)25-28-22-8-4-7-21(22)24(29-25)17-5-3-6-19(13-17)33(27,31)20-10-9-18(15-26)23(14-20)32-2/h3,5-6,9-10,13-14,16,27H,4,7-8,11-12H2,1-2H3/t16-,33?/m0/s1. The molecule has 7 nitrogen and oxygen atoms in total. The lowest BCUT2D eigenvalue weighted by atomic mass is 10.0. The van der Waals surface area contributed by atoms with Crippen LogP contribution in [0, 0.1) is 16.1 Å². The van der Waals surface area contributed by atoms with Gasteiger partial charge in [0.15, 0.2) is 0 Å². The van der Waals surface area contributed by atoms with Crippen molar-refractivity contribution in [2.45, 2.75) is 48.4 Å². The van der Waals surface area contributed by atoms with E-state index >= 15 is 0 Å². The molecule has 2 aromatic carbocycles. The number of fused-ring (bicyclic) bond motifs is 1. The minimum Gasteiger partial charge on any atom is -0.495 e. The average Bonchev–Trinajstić information content (AvgIpc) is 3.30.